The molecule has 4 nitrogen and oxygen atoms in total. The highest BCUT2D eigenvalue weighted by Gasteiger charge is 2.27. The van der Waals surface area contributed by atoms with E-state index in [1.165, 1.54) is 6.07 Å². The van der Waals surface area contributed by atoms with Crippen molar-refractivity contribution in [1.29, 1.82) is 0 Å². The summed E-state index contributed by atoms with van der Waals surface area (Å²) in [4.78, 5) is 7.93. The Bertz CT molecular complexity index is 380. The van der Waals surface area contributed by atoms with Gasteiger partial charge in [-0.25, -0.2) is 4.98 Å². The summed E-state index contributed by atoms with van der Waals surface area (Å²) in [5, 5.41) is 0. The molecule has 0 aliphatic rings. The Balaban J connectivity index is 2.65. The summed E-state index contributed by atoms with van der Waals surface area (Å²) in [6, 6.07) is 1.31. The van der Waals surface area contributed by atoms with Crippen LogP contribution < -0.4 is 10.5 Å². The molecule has 1 aromatic heterocycles. The number of halogens is 3. The fourth-order valence-corrected chi connectivity index (χ4v) is 1.06. The number of hydrogen-bond donors (Lipinski definition) is 1. The van der Waals surface area contributed by atoms with Gasteiger partial charge in [-0.3, -0.25) is 0 Å². The standard InChI is InChI=1S/C10H14F3N3O/c1-6(2)9-15-7(14)5-8(16-9)17-4-3-10(11,12)13/h5-6H,3-4H2,1-2H3,(H2,14,15,16). The van der Waals surface area contributed by atoms with Gasteiger partial charge in [-0.2, -0.15) is 18.2 Å². The van der Waals surface area contributed by atoms with Gasteiger partial charge in [0.2, 0.25) is 5.88 Å². The summed E-state index contributed by atoms with van der Waals surface area (Å²) in [6.07, 6.45) is -5.26. The van der Waals surface area contributed by atoms with Crippen molar-refractivity contribution in [2.45, 2.75) is 32.4 Å². The van der Waals surface area contributed by atoms with Crippen LogP contribution in [0.1, 0.15) is 32.0 Å². The van der Waals surface area contributed by atoms with E-state index >= 15 is 0 Å². The Morgan fingerprint density at radius 3 is 2.53 bits per heavy atom. The van der Waals surface area contributed by atoms with Gasteiger partial charge in [-0.05, 0) is 0 Å². The van der Waals surface area contributed by atoms with Crippen molar-refractivity contribution in [3.05, 3.63) is 11.9 Å². The molecule has 0 aliphatic carbocycles. The average molecular weight is 249 g/mol. The van der Waals surface area contributed by atoms with Crippen LogP contribution >= 0.6 is 0 Å². The molecular weight excluding hydrogens is 235 g/mol. The van der Waals surface area contributed by atoms with Gasteiger partial charge in [-0.1, -0.05) is 13.8 Å². The molecule has 2 N–H and O–H groups in total. The third-order valence-electron chi connectivity index (χ3n) is 1.89. The van der Waals surface area contributed by atoms with Crippen molar-refractivity contribution in [3.8, 4) is 5.88 Å². The van der Waals surface area contributed by atoms with Crippen LogP contribution in [0.4, 0.5) is 19.0 Å². The minimum atomic E-state index is -4.24. The van der Waals surface area contributed by atoms with Gasteiger partial charge in [0.15, 0.2) is 0 Å². The van der Waals surface area contributed by atoms with E-state index in [0.717, 1.165) is 0 Å². The fourth-order valence-electron chi connectivity index (χ4n) is 1.06. The van der Waals surface area contributed by atoms with Crippen LogP contribution in [-0.4, -0.2) is 22.8 Å². The third-order valence-corrected chi connectivity index (χ3v) is 1.89. The van der Waals surface area contributed by atoms with Crippen LogP contribution in [0.2, 0.25) is 0 Å². The van der Waals surface area contributed by atoms with Gasteiger partial charge in [0.1, 0.15) is 11.6 Å². The first-order valence-electron chi connectivity index (χ1n) is 5.12. The Morgan fingerprint density at radius 2 is 2.00 bits per heavy atom. The highest BCUT2D eigenvalue weighted by Crippen LogP contribution is 2.21. The maximum atomic E-state index is 11.9. The summed E-state index contributed by atoms with van der Waals surface area (Å²) in [6.45, 7) is 3.24. The highest BCUT2D eigenvalue weighted by molar-refractivity contribution is 5.33. The van der Waals surface area contributed by atoms with E-state index in [0.29, 0.717) is 5.82 Å². The average Bonchev–Trinajstić information content (AvgIpc) is 2.14. The van der Waals surface area contributed by atoms with Crippen molar-refractivity contribution in [2.24, 2.45) is 0 Å². The van der Waals surface area contributed by atoms with E-state index in [-0.39, 0.29) is 17.6 Å². The number of rotatable bonds is 4. The van der Waals surface area contributed by atoms with E-state index in [1.54, 1.807) is 0 Å². The second-order valence-electron chi connectivity index (χ2n) is 3.86. The summed E-state index contributed by atoms with van der Waals surface area (Å²) < 4.78 is 40.6. The first-order chi connectivity index (χ1) is 7.78. The Hall–Kier alpha value is -1.53. The van der Waals surface area contributed by atoms with Crippen molar-refractivity contribution in [1.82, 2.24) is 9.97 Å². The lowest BCUT2D eigenvalue weighted by atomic mass is 10.2. The van der Waals surface area contributed by atoms with Crippen LogP contribution in [0.25, 0.3) is 0 Å². The zero-order chi connectivity index (χ0) is 13.1. The first kappa shape index (κ1) is 13.5. The second kappa shape index (κ2) is 5.20. The lowest BCUT2D eigenvalue weighted by Gasteiger charge is -2.10. The third kappa shape index (κ3) is 4.88. The number of nitrogen functional groups attached to an aromatic ring is 1. The van der Waals surface area contributed by atoms with Crippen molar-refractivity contribution in [3.63, 3.8) is 0 Å². The van der Waals surface area contributed by atoms with E-state index in [9.17, 15) is 13.2 Å². The van der Waals surface area contributed by atoms with E-state index in [4.69, 9.17) is 10.5 Å². The molecule has 0 aromatic carbocycles. The molecule has 0 amide bonds. The minimum Gasteiger partial charge on any atom is -0.477 e. The van der Waals surface area contributed by atoms with E-state index in [1.807, 2.05) is 13.8 Å². The molecule has 0 radical (unpaired) electrons. The summed E-state index contributed by atoms with van der Waals surface area (Å²) in [7, 11) is 0. The van der Waals surface area contributed by atoms with Crippen molar-refractivity contribution >= 4 is 5.82 Å². The molecule has 17 heavy (non-hydrogen) atoms. The van der Waals surface area contributed by atoms with Crippen LogP contribution in [0, 0.1) is 0 Å². The maximum absolute atomic E-state index is 11.9. The van der Waals surface area contributed by atoms with Gasteiger partial charge in [0.25, 0.3) is 0 Å². The van der Waals surface area contributed by atoms with Gasteiger partial charge in [0, 0.05) is 12.0 Å². The van der Waals surface area contributed by atoms with E-state index < -0.39 is 19.2 Å². The molecule has 0 atom stereocenters. The number of nitrogens with two attached hydrogens (primary N) is 1. The quantitative estimate of drug-likeness (QED) is 0.890. The number of nitrogens with zero attached hydrogens (tertiary/aromatic N) is 2. The number of alkyl halides is 3. The molecule has 0 spiro atoms. The van der Waals surface area contributed by atoms with Gasteiger partial charge in [-0.15, -0.1) is 0 Å². The first-order valence-corrected chi connectivity index (χ1v) is 5.12. The molecule has 7 heteroatoms. The summed E-state index contributed by atoms with van der Waals surface area (Å²) >= 11 is 0. The molecule has 1 rings (SSSR count). The van der Waals surface area contributed by atoms with Crippen LogP contribution in [0.5, 0.6) is 5.88 Å². The van der Waals surface area contributed by atoms with Crippen LogP contribution in [-0.2, 0) is 0 Å². The molecule has 0 fully saturated rings. The summed E-state index contributed by atoms with van der Waals surface area (Å²) in [5.74, 6) is 0.742. The van der Waals surface area contributed by atoms with Crippen molar-refractivity contribution in [2.75, 3.05) is 12.3 Å². The highest BCUT2D eigenvalue weighted by atomic mass is 19.4. The SMILES string of the molecule is CC(C)c1nc(N)cc(OCCC(F)(F)F)n1. The lowest BCUT2D eigenvalue weighted by Crippen LogP contribution is -2.14. The predicted octanol–water partition coefficient (Wildman–Crippen LogP) is 2.51. The number of hydrogen-bond acceptors (Lipinski definition) is 4. The molecule has 0 aliphatic heterocycles. The zero-order valence-electron chi connectivity index (χ0n) is 9.58. The predicted molar refractivity (Wildman–Crippen MR) is 56.7 cm³/mol. The zero-order valence-corrected chi connectivity index (χ0v) is 9.58. The molecule has 1 heterocycles. The van der Waals surface area contributed by atoms with E-state index in [2.05, 4.69) is 9.97 Å². The Morgan fingerprint density at radius 1 is 1.35 bits per heavy atom. The Kier molecular flexibility index (Phi) is 4.14. The molecule has 96 valence electrons. The van der Waals surface area contributed by atoms with Gasteiger partial charge < -0.3 is 10.5 Å². The molecule has 0 saturated heterocycles. The molecule has 1 aromatic rings. The van der Waals surface area contributed by atoms with Crippen LogP contribution in [0.15, 0.2) is 6.07 Å². The number of ether oxygens (including phenoxy) is 1. The smallest absolute Gasteiger partial charge is 0.392 e. The topological polar surface area (TPSA) is 61.0 Å². The molecule has 0 saturated carbocycles. The summed E-state index contributed by atoms with van der Waals surface area (Å²) in [5.41, 5.74) is 5.50. The molecule has 0 bridgehead atoms. The van der Waals surface area contributed by atoms with Gasteiger partial charge >= 0.3 is 6.18 Å². The number of aromatic nitrogens is 2. The molecular formula is C10H14F3N3O. The second-order valence-corrected chi connectivity index (χ2v) is 3.86. The van der Waals surface area contributed by atoms with Gasteiger partial charge in [0.05, 0.1) is 13.0 Å². The normalized spacial score (nSPS) is 11.9. The number of anilines is 1. The Labute approximate surface area is 97.0 Å². The van der Waals surface area contributed by atoms with Crippen molar-refractivity contribution < 1.29 is 17.9 Å². The maximum Gasteiger partial charge on any atom is 0.392 e. The minimum absolute atomic E-state index is 0.0310. The fraction of sp³-hybridized carbons (Fsp3) is 0.600. The monoisotopic (exact) mass is 249 g/mol. The lowest BCUT2D eigenvalue weighted by molar-refractivity contribution is -0.139. The largest absolute Gasteiger partial charge is 0.477 e. The molecule has 0 unspecified atom stereocenters. The van der Waals surface area contributed by atoms with Crippen LogP contribution in [0.3, 0.4) is 0 Å².